The van der Waals surface area contributed by atoms with Crippen molar-refractivity contribution in [3.8, 4) is 10.6 Å². The fourth-order valence-corrected chi connectivity index (χ4v) is 4.75. The van der Waals surface area contributed by atoms with E-state index in [-0.39, 0.29) is 17.9 Å². The van der Waals surface area contributed by atoms with Crippen LogP contribution in [0.4, 0.5) is 0 Å². The maximum absolute atomic E-state index is 13.6. The summed E-state index contributed by atoms with van der Waals surface area (Å²) in [5.74, 6) is -1.46. The van der Waals surface area contributed by atoms with Crippen molar-refractivity contribution in [2.24, 2.45) is 0 Å². The van der Waals surface area contributed by atoms with Crippen molar-refractivity contribution in [3.05, 3.63) is 88.1 Å². The Kier molecular flexibility index (Phi) is 5.97. The molecule has 0 saturated heterocycles. The summed E-state index contributed by atoms with van der Waals surface area (Å²) >= 11 is 1.27. The highest BCUT2D eigenvalue weighted by Gasteiger charge is 2.44. The van der Waals surface area contributed by atoms with Gasteiger partial charge in [0.15, 0.2) is 5.76 Å². The first kappa shape index (κ1) is 21.0. The van der Waals surface area contributed by atoms with E-state index < -0.39 is 17.7 Å². The van der Waals surface area contributed by atoms with Gasteiger partial charge >= 0.3 is 0 Å². The fourth-order valence-electron chi connectivity index (χ4n) is 3.72. The Balaban J connectivity index is 1.77. The average molecular weight is 435 g/mol. The molecule has 0 spiro atoms. The topological polar surface area (TPSA) is 79.7 Å². The summed E-state index contributed by atoms with van der Waals surface area (Å²) in [6.45, 7) is 2.32. The van der Waals surface area contributed by atoms with Gasteiger partial charge in [-0.1, -0.05) is 60.7 Å². The number of aliphatic hydroxyl groups excluding tert-OH is 1. The molecule has 0 fully saturated rings. The molecule has 1 unspecified atom stereocenters. The first-order valence-electron chi connectivity index (χ1n) is 9.88. The molecule has 1 atom stereocenters. The Bertz CT molecular complexity index is 1140. The Morgan fingerprint density at radius 2 is 1.77 bits per heavy atom. The Morgan fingerprint density at radius 3 is 2.42 bits per heavy atom. The minimum absolute atomic E-state index is 0.0821. The quantitative estimate of drug-likeness (QED) is 0.560. The van der Waals surface area contributed by atoms with Crippen molar-refractivity contribution in [2.45, 2.75) is 13.0 Å². The van der Waals surface area contributed by atoms with Crippen molar-refractivity contribution in [1.82, 2.24) is 9.88 Å². The van der Waals surface area contributed by atoms with Crippen molar-refractivity contribution >= 4 is 23.0 Å². The van der Waals surface area contributed by atoms with Gasteiger partial charge in [0.05, 0.1) is 28.8 Å². The fraction of sp³-hybridized carbons (Fsp3) is 0.208. The summed E-state index contributed by atoms with van der Waals surface area (Å²) in [7, 11) is 1.54. The molecule has 3 aromatic rings. The zero-order chi connectivity index (χ0) is 22.0. The van der Waals surface area contributed by atoms with Crippen LogP contribution in [0.2, 0.25) is 0 Å². The van der Waals surface area contributed by atoms with Gasteiger partial charge in [-0.05, 0) is 12.5 Å². The Morgan fingerprint density at radius 1 is 1.13 bits per heavy atom. The van der Waals surface area contributed by atoms with Gasteiger partial charge in [-0.15, -0.1) is 11.3 Å². The van der Waals surface area contributed by atoms with Crippen LogP contribution >= 0.6 is 11.3 Å². The number of ether oxygens (including phenoxy) is 1. The number of benzene rings is 2. The maximum Gasteiger partial charge on any atom is 0.290 e. The Hall–Kier alpha value is -3.29. The number of aromatic nitrogens is 1. The SMILES string of the molecule is COCCN1C(=O)C(O)=C(C(=O)c2sc(-c3ccccc3)nc2C)C1c1ccccc1. The van der Waals surface area contributed by atoms with Crippen LogP contribution in [-0.4, -0.2) is 46.9 Å². The molecule has 1 aliphatic heterocycles. The Labute approximate surface area is 184 Å². The smallest absolute Gasteiger partial charge is 0.290 e. The lowest BCUT2D eigenvalue weighted by Crippen LogP contribution is -2.33. The molecule has 7 heteroatoms. The van der Waals surface area contributed by atoms with E-state index in [9.17, 15) is 14.7 Å². The number of hydrogen-bond donors (Lipinski definition) is 1. The maximum atomic E-state index is 13.6. The summed E-state index contributed by atoms with van der Waals surface area (Å²) in [6, 6.07) is 18.2. The number of hydrogen-bond acceptors (Lipinski definition) is 6. The summed E-state index contributed by atoms with van der Waals surface area (Å²) < 4.78 is 5.14. The molecule has 6 nitrogen and oxygen atoms in total. The summed E-state index contributed by atoms with van der Waals surface area (Å²) in [5, 5.41) is 11.4. The van der Waals surface area contributed by atoms with Crippen molar-refractivity contribution < 1.29 is 19.4 Å². The molecule has 1 aliphatic rings. The van der Waals surface area contributed by atoms with E-state index in [4.69, 9.17) is 4.74 Å². The molecular formula is C24H22N2O4S. The number of aryl methyl sites for hydroxylation is 1. The molecule has 1 amide bonds. The third-order valence-corrected chi connectivity index (χ3v) is 6.43. The molecule has 1 N–H and O–H groups in total. The van der Waals surface area contributed by atoms with E-state index in [1.165, 1.54) is 16.2 Å². The molecule has 2 aromatic carbocycles. The van der Waals surface area contributed by atoms with E-state index in [0.717, 1.165) is 16.1 Å². The lowest BCUT2D eigenvalue weighted by molar-refractivity contribution is -0.130. The zero-order valence-electron chi connectivity index (χ0n) is 17.2. The lowest BCUT2D eigenvalue weighted by atomic mass is 9.95. The first-order valence-corrected chi connectivity index (χ1v) is 10.7. The van der Waals surface area contributed by atoms with Gasteiger partial charge in [-0.25, -0.2) is 4.98 Å². The van der Waals surface area contributed by atoms with Crippen LogP contribution in [0, 0.1) is 6.92 Å². The number of aliphatic hydroxyl groups is 1. The molecule has 0 bridgehead atoms. The van der Waals surface area contributed by atoms with E-state index >= 15 is 0 Å². The average Bonchev–Trinajstić information content (AvgIpc) is 3.31. The minimum atomic E-state index is -0.682. The van der Waals surface area contributed by atoms with Gasteiger partial charge in [0.25, 0.3) is 5.91 Å². The van der Waals surface area contributed by atoms with Crippen molar-refractivity contribution in [2.75, 3.05) is 20.3 Å². The van der Waals surface area contributed by atoms with Crippen LogP contribution in [0.1, 0.15) is 27.0 Å². The van der Waals surface area contributed by atoms with Crippen LogP contribution in [0.25, 0.3) is 10.6 Å². The van der Waals surface area contributed by atoms with Crippen LogP contribution in [-0.2, 0) is 9.53 Å². The van der Waals surface area contributed by atoms with E-state index in [2.05, 4.69) is 4.98 Å². The number of rotatable bonds is 7. The third kappa shape index (κ3) is 3.89. The number of thiazole rings is 1. The van der Waals surface area contributed by atoms with Crippen molar-refractivity contribution in [3.63, 3.8) is 0 Å². The van der Waals surface area contributed by atoms with Gasteiger partial charge in [0.2, 0.25) is 5.78 Å². The summed E-state index contributed by atoms with van der Waals surface area (Å²) in [4.78, 5) is 32.9. The summed E-state index contributed by atoms with van der Waals surface area (Å²) in [6.07, 6.45) is 0. The number of carbonyl (C=O) groups excluding carboxylic acids is 2. The van der Waals surface area contributed by atoms with Gasteiger partial charge in [0.1, 0.15) is 5.01 Å². The second-order valence-corrected chi connectivity index (χ2v) is 8.19. The number of nitrogens with zero attached hydrogens (tertiary/aromatic N) is 2. The number of carbonyl (C=O) groups is 2. The van der Waals surface area contributed by atoms with Crippen LogP contribution in [0.5, 0.6) is 0 Å². The van der Waals surface area contributed by atoms with Crippen molar-refractivity contribution in [1.29, 1.82) is 0 Å². The van der Waals surface area contributed by atoms with E-state index in [1.807, 2.05) is 60.7 Å². The first-order chi connectivity index (χ1) is 15.0. The molecule has 158 valence electrons. The molecule has 2 heterocycles. The number of ketones is 1. The van der Waals surface area contributed by atoms with Gasteiger partial charge < -0.3 is 14.7 Å². The number of Topliss-reactive ketones (excluding diaryl/α,β-unsaturated/α-hetero) is 1. The molecule has 4 rings (SSSR count). The number of amides is 1. The van der Waals surface area contributed by atoms with Gasteiger partial charge in [-0.3, -0.25) is 9.59 Å². The molecule has 0 saturated carbocycles. The third-order valence-electron chi connectivity index (χ3n) is 5.22. The molecule has 31 heavy (non-hydrogen) atoms. The van der Waals surface area contributed by atoms with E-state index in [1.54, 1.807) is 14.0 Å². The van der Waals surface area contributed by atoms with Crippen LogP contribution in [0.3, 0.4) is 0 Å². The van der Waals surface area contributed by atoms with Gasteiger partial charge in [-0.2, -0.15) is 0 Å². The lowest BCUT2D eigenvalue weighted by Gasteiger charge is -2.26. The monoisotopic (exact) mass is 434 g/mol. The highest BCUT2D eigenvalue weighted by atomic mass is 32.1. The van der Waals surface area contributed by atoms with Crippen LogP contribution in [0.15, 0.2) is 72.0 Å². The largest absolute Gasteiger partial charge is 0.503 e. The normalized spacial score (nSPS) is 16.3. The predicted molar refractivity (Wildman–Crippen MR) is 119 cm³/mol. The van der Waals surface area contributed by atoms with Gasteiger partial charge in [0, 0.05) is 19.2 Å². The molecule has 0 aliphatic carbocycles. The molecular weight excluding hydrogens is 412 g/mol. The van der Waals surface area contributed by atoms with Crippen LogP contribution < -0.4 is 0 Å². The second kappa shape index (κ2) is 8.83. The molecule has 1 aromatic heterocycles. The number of methoxy groups -OCH3 is 1. The zero-order valence-corrected chi connectivity index (χ0v) is 18.1. The highest BCUT2D eigenvalue weighted by molar-refractivity contribution is 7.17. The summed E-state index contributed by atoms with van der Waals surface area (Å²) in [5.41, 5.74) is 2.32. The molecule has 0 radical (unpaired) electrons. The highest BCUT2D eigenvalue weighted by Crippen LogP contribution is 2.40. The second-order valence-electron chi connectivity index (χ2n) is 7.20. The van der Waals surface area contributed by atoms with E-state index in [0.29, 0.717) is 17.2 Å². The minimum Gasteiger partial charge on any atom is -0.503 e. The standard InChI is InChI=1S/C24H22N2O4S/c1-15-22(31-23(25-15)17-11-7-4-8-12-17)20(27)18-19(16-9-5-3-6-10-16)26(13-14-30-2)24(29)21(18)28/h3-12,19,28H,13-14H2,1-2H3. The predicted octanol–water partition coefficient (Wildman–Crippen LogP) is 4.34.